The zero-order chi connectivity index (χ0) is 49.5. The van der Waals surface area contributed by atoms with Crippen LogP contribution in [0.2, 0.25) is 0 Å². The van der Waals surface area contributed by atoms with Crippen LogP contribution in [0.5, 0.6) is 5.75 Å². The molecule has 25 heteroatoms. The van der Waals surface area contributed by atoms with Gasteiger partial charge in [0.2, 0.25) is 41.4 Å². The number of guanidine groups is 2. The van der Waals surface area contributed by atoms with E-state index in [1.807, 2.05) is 0 Å². The average molecular weight is 926 g/mol. The molecule has 0 fully saturated rings. The smallest absolute Gasteiger partial charge is 0.269 e. The maximum atomic E-state index is 14.0. The molecule has 0 aliphatic rings. The van der Waals surface area contributed by atoms with E-state index in [1.54, 1.807) is 26.0 Å². The number of likely N-dealkylation sites (N-methyl/N-ethyl adjacent to an activating group) is 1. The fraction of sp³-hybridized carbons (Fsp3) is 0.488. The quantitative estimate of drug-likeness (QED) is 0.0133. The van der Waals surface area contributed by atoms with Gasteiger partial charge in [0, 0.05) is 38.7 Å². The molecule has 25 nitrogen and oxygen atoms in total. The van der Waals surface area contributed by atoms with E-state index in [0.29, 0.717) is 11.1 Å². The molecule has 0 heterocycles. The van der Waals surface area contributed by atoms with Gasteiger partial charge >= 0.3 is 0 Å². The standard InChI is InChI=1S/C41H63N15O10/c1-23(2)18-31(37(62)53-30(7-5-17-49-41(46)47)36(61)52-29(35(43)60)6-4-16-48-40(44)45)54-38(63)32(20-25-8-12-26(13-9-25)56(65)66)51-33(58)21-50-34(59)22-55(3)39(64)28(42)19-24-10-14-27(57)15-11-24/h8-15,23,28-32,57H,4-7,16-22,42H2,1-3H3,(H2,43,60)(H,50,59)(H,51,58)(H,52,61)(H,53,62)(H,54,63)(H4,44,45,48)(H4,46,47,49)/t28-,29+,30-,31-,32-/m0/s1. The fourth-order valence-corrected chi connectivity index (χ4v) is 6.36. The molecule has 0 radical (unpaired) electrons. The van der Waals surface area contributed by atoms with Gasteiger partial charge in [-0.05, 0) is 67.7 Å². The number of carbonyl (C=O) groups excluding carboxylic acids is 7. The van der Waals surface area contributed by atoms with E-state index >= 15 is 0 Å². The van der Waals surface area contributed by atoms with Crippen LogP contribution in [0.3, 0.4) is 0 Å². The minimum absolute atomic E-state index is 0.0152. The molecule has 0 bridgehead atoms. The van der Waals surface area contributed by atoms with Crippen molar-refractivity contribution >= 4 is 59.0 Å². The van der Waals surface area contributed by atoms with Crippen LogP contribution in [0, 0.1) is 26.9 Å². The Balaban J connectivity index is 2.26. The summed E-state index contributed by atoms with van der Waals surface area (Å²) in [6, 6.07) is 5.12. The zero-order valence-electron chi connectivity index (χ0n) is 37.2. The highest BCUT2D eigenvalue weighted by Crippen LogP contribution is 2.15. The first-order valence-electron chi connectivity index (χ1n) is 21.0. The molecule has 0 aromatic heterocycles. The van der Waals surface area contributed by atoms with E-state index in [-0.39, 0.29) is 87.3 Å². The fourth-order valence-electron chi connectivity index (χ4n) is 6.36. The number of nitro groups is 1. The molecule has 0 saturated carbocycles. The Labute approximate surface area is 381 Å². The number of nitrogens with zero attached hydrogens (tertiary/aromatic N) is 2. The van der Waals surface area contributed by atoms with Gasteiger partial charge in [-0.15, -0.1) is 0 Å². The number of rotatable bonds is 28. The molecular formula is C41H63N15O10. The number of benzene rings is 2. The van der Waals surface area contributed by atoms with Crippen molar-refractivity contribution in [2.75, 3.05) is 33.2 Å². The van der Waals surface area contributed by atoms with Crippen molar-refractivity contribution in [3.05, 3.63) is 69.8 Å². The Morgan fingerprint density at radius 2 is 1.18 bits per heavy atom. The maximum absolute atomic E-state index is 14.0. The summed E-state index contributed by atoms with van der Waals surface area (Å²) in [5.74, 6) is -6.21. The van der Waals surface area contributed by atoms with Crippen molar-refractivity contribution in [2.45, 2.75) is 89.0 Å². The Hall–Kier alpha value is -7.57. The number of phenolic OH excluding ortho intramolecular Hbond substituents is 1. The highest BCUT2D eigenvalue weighted by atomic mass is 16.6. The van der Waals surface area contributed by atoms with Crippen molar-refractivity contribution in [1.29, 1.82) is 10.8 Å². The number of nitro benzene ring substituents is 1. The predicted octanol–water partition coefficient (Wildman–Crippen LogP) is -3.02. The zero-order valence-corrected chi connectivity index (χ0v) is 37.2. The first-order chi connectivity index (χ1) is 31.1. The summed E-state index contributed by atoms with van der Waals surface area (Å²) < 4.78 is 0. The largest absolute Gasteiger partial charge is 0.508 e. The van der Waals surface area contributed by atoms with Crippen molar-refractivity contribution in [3.63, 3.8) is 0 Å². The molecular weight excluding hydrogens is 863 g/mol. The van der Waals surface area contributed by atoms with Gasteiger partial charge in [-0.2, -0.15) is 0 Å². The van der Waals surface area contributed by atoms with E-state index in [1.165, 1.54) is 43.4 Å². The average Bonchev–Trinajstić information content (AvgIpc) is 3.24. The second kappa shape index (κ2) is 27.6. The molecule has 0 spiro atoms. The number of carbonyl (C=O) groups is 7. The predicted molar refractivity (Wildman–Crippen MR) is 242 cm³/mol. The van der Waals surface area contributed by atoms with E-state index in [9.17, 15) is 48.8 Å². The number of phenols is 1. The second-order valence-electron chi connectivity index (χ2n) is 15.9. The number of aromatic hydroxyl groups is 1. The first kappa shape index (κ1) is 54.6. The summed E-state index contributed by atoms with van der Waals surface area (Å²) in [6.45, 7) is 2.79. The highest BCUT2D eigenvalue weighted by Gasteiger charge is 2.32. The highest BCUT2D eigenvalue weighted by molar-refractivity contribution is 5.96. The number of non-ortho nitro benzene ring substituents is 1. The molecule has 2 aromatic carbocycles. The van der Waals surface area contributed by atoms with Crippen LogP contribution in [0.15, 0.2) is 48.5 Å². The monoisotopic (exact) mass is 925 g/mol. The lowest BCUT2D eigenvalue weighted by Gasteiger charge is -2.27. The third kappa shape index (κ3) is 20.7. The SMILES string of the molecule is CC(C)C[C@H](NC(=O)[C@H](Cc1ccc([N+](=O)[O-])cc1)NC(=O)CNC(=O)CN(C)C(=O)[C@@H](N)Cc1ccc(O)cc1)C(=O)N[C@@H](CCCNC(=N)N)C(=O)N[C@H](CCCNC(=N)N)C(N)=O. The van der Waals surface area contributed by atoms with Crippen LogP contribution in [-0.2, 0) is 46.4 Å². The van der Waals surface area contributed by atoms with Gasteiger partial charge in [-0.25, -0.2) is 0 Å². The van der Waals surface area contributed by atoms with E-state index in [2.05, 4.69) is 37.2 Å². The van der Waals surface area contributed by atoms with Gasteiger partial charge in [0.15, 0.2) is 11.9 Å². The Bertz CT molecular complexity index is 2020. The molecule has 0 unspecified atom stereocenters. The lowest BCUT2D eigenvalue weighted by atomic mass is 10.00. The van der Waals surface area contributed by atoms with Gasteiger partial charge in [0.25, 0.3) is 5.69 Å². The third-order valence-electron chi connectivity index (χ3n) is 9.75. The molecule has 0 aliphatic heterocycles. The molecule has 7 amide bonds. The summed E-state index contributed by atoms with van der Waals surface area (Å²) in [6.07, 6.45) is 0.505. The normalized spacial score (nSPS) is 13.0. The van der Waals surface area contributed by atoms with Gasteiger partial charge in [-0.3, -0.25) is 54.5 Å². The summed E-state index contributed by atoms with van der Waals surface area (Å²) in [5.41, 5.74) is 23.1. The molecule has 2 rings (SSSR count). The number of nitrogens with one attached hydrogen (secondary N) is 9. The van der Waals surface area contributed by atoms with E-state index in [4.69, 9.17) is 33.8 Å². The van der Waals surface area contributed by atoms with Gasteiger partial charge < -0.3 is 70.2 Å². The lowest BCUT2D eigenvalue weighted by molar-refractivity contribution is -0.384. The van der Waals surface area contributed by atoms with Crippen molar-refractivity contribution in [1.82, 2.24) is 42.1 Å². The van der Waals surface area contributed by atoms with Crippen molar-refractivity contribution in [2.24, 2.45) is 28.9 Å². The number of primary amides is 1. The van der Waals surface area contributed by atoms with Crippen molar-refractivity contribution < 1.29 is 43.6 Å². The third-order valence-corrected chi connectivity index (χ3v) is 9.75. The number of amides is 7. The summed E-state index contributed by atoms with van der Waals surface area (Å²) in [4.78, 5) is 105. The van der Waals surface area contributed by atoms with Crippen LogP contribution in [-0.4, -0.2) is 132 Å². The molecule has 0 saturated heterocycles. The summed E-state index contributed by atoms with van der Waals surface area (Å²) in [5, 5.41) is 53.4. The van der Waals surface area contributed by atoms with Gasteiger partial charge in [-0.1, -0.05) is 38.1 Å². The second-order valence-corrected chi connectivity index (χ2v) is 15.9. The molecule has 5 atom stereocenters. The minimum atomic E-state index is -1.41. The lowest BCUT2D eigenvalue weighted by Crippen LogP contribution is -2.59. The van der Waals surface area contributed by atoms with Crippen LogP contribution < -0.4 is 60.2 Å². The molecule has 2 aromatic rings. The Morgan fingerprint density at radius 1 is 0.697 bits per heavy atom. The molecule has 66 heavy (non-hydrogen) atoms. The molecule has 0 aliphatic carbocycles. The van der Waals surface area contributed by atoms with Crippen LogP contribution in [0.1, 0.15) is 57.1 Å². The van der Waals surface area contributed by atoms with Crippen LogP contribution >= 0.6 is 0 Å². The molecule has 18 N–H and O–H groups in total. The molecule has 362 valence electrons. The topological polar surface area (TPSA) is 422 Å². The summed E-state index contributed by atoms with van der Waals surface area (Å²) in [7, 11) is 1.35. The first-order valence-corrected chi connectivity index (χ1v) is 21.0. The Morgan fingerprint density at radius 3 is 1.71 bits per heavy atom. The number of hydrogen-bond acceptors (Lipinski definition) is 13. The van der Waals surface area contributed by atoms with Crippen LogP contribution in [0.4, 0.5) is 5.69 Å². The summed E-state index contributed by atoms with van der Waals surface area (Å²) >= 11 is 0. The van der Waals surface area contributed by atoms with Crippen molar-refractivity contribution in [3.8, 4) is 5.75 Å². The van der Waals surface area contributed by atoms with Gasteiger partial charge in [0.05, 0.1) is 24.1 Å². The number of nitrogens with two attached hydrogens (primary N) is 4. The van der Waals surface area contributed by atoms with Gasteiger partial charge in [0.1, 0.15) is 29.9 Å². The van der Waals surface area contributed by atoms with Crippen LogP contribution in [0.25, 0.3) is 0 Å². The maximum Gasteiger partial charge on any atom is 0.269 e. The van der Waals surface area contributed by atoms with E-state index < -0.39 is 89.6 Å². The number of hydrogen-bond donors (Lipinski definition) is 14. The van der Waals surface area contributed by atoms with E-state index in [0.717, 1.165) is 4.90 Å². The minimum Gasteiger partial charge on any atom is -0.508 e. The Kier molecular flexibility index (Phi) is 22.8.